The minimum atomic E-state index is 0.230. The maximum atomic E-state index is 12.5. The number of nitrogens with zero attached hydrogens (tertiary/aromatic N) is 4. The van der Waals surface area contributed by atoms with E-state index < -0.39 is 0 Å². The first-order chi connectivity index (χ1) is 15.1. The average Bonchev–Trinajstić information content (AvgIpc) is 3.24. The van der Waals surface area contributed by atoms with Crippen molar-refractivity contribution in [1.29, 1.82) is 0 Å². The molecule has 0 atom stereocenters. The van der Waals surface area contributed by atoms with Crippen molar-refractivity contribution < 1.29 is 9.32 Å². The average molecular weight is 439 g/mol. The van der Waals surface area contributed by atoms with Crippen LogP contribution in [0.3, 0.4) is 0 Å². The van der Waals surface area contributed by atoms with Gasteiger partial charge < -0.3 is 9.42 Å². The molecule has 1 amide bonds. The third-order valence-corrected chi connectivity index (χ3v) is 5.88. The van der Waals surface area contributed by atoms with E-state index in [1.807, 2.05) is 53.4 Å². The molecule has 0 saturated carbocycles. The number of hydrogen-bond acceptors (Lipinski definition) is 5. The fourth-order valence-electron chi connectivity index (χ4n) is 3.74. The largest absolute Gasteiger partial charge is 0.340 e. The minimum absolute atomic E-state index is 0.230. The molecule has 3 aromatic rings. The van der Waals surface area contributed by atoms with Crippen molar-refractivity contribution in [1.82, 2.24) is 19.9 Å². The normalized spacial score (nSPS) is 14.7. The van der Waals surface area contributed by atoms with E-state index in [9.17, 15) is 4.79 Å². The Morgan fingerprint density at radius 3 is 2.45 bits per heavy atom. The molecule has 7 heteroatoms. The van der Waals surface area contributed by atoms with E-state index >= 15 is 0 Å². The Morgan fingerprint density at radius 2 is 1.74 bits per heavy atom. The molecule has 4 rings (SSSR count). The number of rotatable bonds is 7. The van der Waals surface area contributed by atoms with Gasteiger partial charge in [0.05, 0.1) is 6.54 Å². The molecule has 0 N–H and O–H groups in total. The number of halogens is 1. The number of carbonyl (C=O) groups is 1. The lowest BCUT2D eigenvalue weighted by atomic mass is 10.1. The molecular weight excluding hydrogens is 412 g/mol. The van der Waals surface area contributed by atoms with Gasteiger partial charge >= 0.3 is 0 Å². The van der Waals surface area contributed by atoms with Gasteiger partial charge in [0.25, 0.3) is 0 Å². The van der Waals surface area contributed by atoms with Crippen LogP contribution in [0, 0.1) is 6.92 Å². The second-order valence-electron chi connectivity index (χ2n) is 8.01. The number of hydrogen-bond donors (Lipinski definition) is 0. The van der Waals surface area contributed by atoms with Gasteiger partial charge in [0.15, 0.2) is 0 Å². The summed E-state index contributed by atoms with van der Waals surface area (Å²) in [5.41, 5.74) is 3.37. The van der Waals surface area contributed by atoms with Crippen molar-refractivity contribution in [3.63, 3.8) is 0 Å². The van der Waals surface area contributed by atoms with Crippen LogP contribution < -0.4 is 0 Å². The Balaban J connectivity index is 1.20. The number of piperazine rings is 1. The zero-order chi connectivity index (χ0) is 21.6. The van der Waals surface area contributed by atoms with Crippen LogP contribution >= 0.6 is 11.6 Å². The van der Waals surface area contributed by atoms with Gasteiger partial charge in [-0.05, 0) is 37.5 Å². The highest BCUT2D eigenvalue weighted by atomic mass is 35.5. The number of aromatic nitrogens is 2. The molecule has 0 radical (unpaired) electrons. The van der Waals surface area contributed by atoms with Crippen LogP contribution in [0.15, 0.2) is 53.1 Å². The fraction of sp³-hybridized carbons (Fsp3) is 0.375. The van der Waals surface area contributed by atoms with Gasteiger partial charge in [-0.1, -0.05) is 58.7 Å². The van der Waals surface area contributed by atoms with E-state index in [2.05, 4.69) is 22.0 Å². The van der Waals surface area contributed by atoms with Gasteiger partial charge in [-0.15, -0.1) is 0 Å². The molecule has 1 aliphatic rings. The smallest absolute Gasteiger partial charge is 0.241 e. The zero-order valence-corrected chi connectivity index (χ0v) is 18.5. The molecule has 1 saturated heterocycles. The highest BCUT2D eigenvalue weighted by Crippen LogP contribution is 2.18. The summed E-state index contributed by atoms with van der Waals surface area (Å²) in [6.45, 7) is 5.75. The molecule has 6 nitrogen and oxygen atoms in total. The second kappa shape index (κ2) is 10.1. The van der Waals surface area contributed by atoms with Crippen molar-refractivity contribution in [3.8, 4) is 11.4 Å². The molecule has 0 aliphatic carbocycles. The van der Waals surface area contributed by atoms with Crippen molar-refractivity contribution in [2.75, 3.05) is 26.2 Å². The lowest BCUT2D eigenvalue weighted by Gasteiger charge is -2.34. The van der Waals surface area contributed by atoms with Crippen LogP contribution in [-0.2, 0) is 17.8 Å². The molecule has 162 valence electrons. The molecule has 0 unspecified atom stereocenters. The molecule has 31 heavy (non-hydrogen) atoms. The van der Waals surface area contributed by atoms with Crippen molar-refractivity contribution >= 4 is 17.5 Å². The Hall–Kier alpha value is -2.70. The molecular formula is C24H27ClN4O2. The SMILES string of the molecule is Cc1ccc(-c2noc(CN3CCN(C(=O)CCCc4ccc(Cl)cc4)CC3)n2)cc1. The molecule has 1 fully saturated rings. The maximum absolute atomic E-state index is 12.5. The van der Waals surface area contributed by atoms with E-state index in [0.29, 0.717) is 24.7 Å². The van der Waals surface area contributed by atoms with E-state index in [4.69, 9.17) is 16.1 Å². The van der Waals surface area contributed by atoms with E-state index in [0.717, 1.165) is 49.6 Å². The topological polar surface area (TPSA) is 62.5 Å². The van der Waals surface area contributed by atoms with Gasteiger partial charge in [-0.25, -0.2) is 0 Å². The first-order valence-electron chi connectivity index (χ1n) is 10.7. The third-order valence-electron chi connectivity index (χ3n) is 5.63. The molecule has 2 aromatic carbocycles. The maximum Gasteiger partial charge on any atom is 0.241 e. The van der Waals surface area contributed by atoms with Gasteiger partial charge in [-0.3, -0.25) is 9.69 Å². The van der Waals surface area contributed by atoms with Gasteiger partial charge in [0.1, 0.15) is 0 Å². The van der Waals surface area contributed by atoms with E-state index in [1.54, 1.807) is 0 Å². The summed E-state index contributed by atoms with van der Waals surface area (Å²) in [7, 11) is 0. The lowest BCUT2D eigenvalue weighted by molar-refractivity contribution is -0.133. The third kappa shape index (κ3) is 5.93. The summed E-state index contributed by atoms with van der Waals surface area (Å²) in [4.78, 5) is 21.3. The number of aryl methyl sites for hydroxylation is 2. The van der Waals surface area contributed by atoms with Crippen LogP contribution in [0.4, 0.5) is 0 Å². The van der Waals surface area contributed by atoms with Crippen LogP contribution in [0.5, 0.6) is 0 Å². The highest BCUT2D eigenvalue weighted by molar-refractivity contribution is 6.30. The number of carbonyl (C=O) groups excluding carboxylic acids is 1. The first kappa shape index (κ1) is 21.5. The van der Waals surface area contributed by atoms with Gasteiger partial charge in [0.2, 0.25) is 17.6 Å². The Morgan fingerprint density at radius 1 is 1.03 bits per heavy atom. The summed E-state index contributed by atoms with van der Waals surface area (Å²) in [5, 5.41) is 4.84. The van der Waals surface area contributed by atoms with E-state index in [-0.39, 0.29) is 5.91 Å². The van der Waals surface area contributed by atoms with Crippen molar-refractivity contribution in [2.24, 2.45) is 0 Å². The number of amides is 1. The predicted molar refractivity (Wildman–Crippen MR) is 121 cm³/mol. The Bertz CT molecular complexity index is 993. The molecule has 0 spiro atoms. The van der Waals surface area contributed by atoms with Gasteiger partial charge in [-0.2, -0.15) is 4.98 Å². The lowest BCUT2D eigenvalue weighted by Crippen LogP contribution is -2.48. The predicted octanol–water partition coefficient (Wildman–Crippen LogP) is 4.37. The number of benzene rings is 2. The highest BCUT2D eigenvalue weighted by Gasteiger charge is 2.22. The van der Waals surface area contributed by atoms with Crippen molar-refractivity contribution in [3.05, 3.63) is 70.6 Å². The van der Waals surface area contributed by atoms with Crippen molar-refractivity contribution in [2.45, 2.75) is 32.7 Å². The monoisotopic (exact) mass is 438 g/mol. The summed E-state index contributed by atoms with van der Waals surface area (Å²) < 4.78 is 5.44. The quantitative estimate of drug-likeness (QED) is 0.548. The van der Waals surface area contributed by atoms with Crippen LogP contribution in [-0.4, -0.2) is 52.0 Å². The zero-order valence-electron chi connectivity index (χ0n) is 17.8. The molecule has 2 heterocycles. The summed E-state index contributed by atoms with van der Waals surface area (Å²) >= 11 is 5.92. The summed E-state index contributed by atoms with van der Waals surface area (Å²) in [6, 6.07) is 15.9. The summed E-state index contributed by atoms with van der Waals surface area (Å²) in [6.07, 6.45) is 2.32. The van der Waals surface area contributed by atoms with Crippen LogP contribution in [0.1, 0.15) is 29.9 Å². The Labute approximate surface area is 187 Å². The standard InChI is InChI=1S/C24H27ClN4O2/c1-18-5-9-20(10-6-18)24-26-22(31-27-24)17-28-13-15-29(16-14-28)23(30)4-2-3-19-7-11-21(25)12-8-19/h5-12H,2-4,13-17H2,1H3. The summed E-state index contributed by atoms with van der Waals surface area (Å²) in [5.74, 6) is 1.45. The van der Waals surface area contributed by atoms with Gasteiger partial charge in [0, 0.05) is 43.2 Å². The van der Waals surface area contributed by atoms with E-state index in [1.165, 1.54) is 11.1 Å². The first-order valence-corrected chi connectivity index (χ1v) is 11.1. The molecule has 1 aromatic heterocycles. The molecule has 0 bridgehead atoms. The Kier molecular flexibility index (Phi) is 6.99. The minimum Gasteiger partial charge on any atom is -0.340 e. The van der Waals surface area contributed by atoms with Crippen LogP contribution in [0.2, 0.25) is 5.02 Å². The molecule has 1 aliphatic heterocycles. The second-order valence-corrected chi connectivity index (χ2v) is 8.45. The fourth-order valence-corrected chi connectivity index (χ4v) is 3.86. The van der Waals surface area contributed by atoms with Crippen LogP contribution in [0.25, 0.3) is 11.4 Å².